The summed E-state index contributed by atoms with van der Waals surface area (Å²) in [6, 6.07) is 5.92. The minimum absolute atomic E-state index is 0.207. The highest BCUT2D eigenvalue weighted by molar-refractivity contribution is 5.57. The van der Waals surface area contributed by atoms with Gasteiger partial charge < -0.3 is 20.5 Å². The Kier molecular flexibility index (Phi) is 5.80. The van der Waals surface area contributed by atoms with E-state index in [1.54, 1.807) is 7.11 Å². The fourth-order valence-corrected chi connectivity index (χ4v) is 1.85. The van der Waals surface area contributed by atoms with Crippen LogP contribution in [-0.2, 0) is 6.54 Å². The van der Waals surface area contributed by atoms with E-state index in [9.17, 15) is 0 Å². The zero-order chi connectivity index (χ0) is 12.7. The molecule has 0 atom stereocenters. The molecule has 0 fully saturated rings. The maximum absolute atomic E-state index is 8.91. The minimum atomic E-state index is 0.207. The molecule has 17 heavy (non-hydrogen) atoms. The van der Waals surface area contributed by atoms with E-state index < -0.39 is 0 Å². The number of ether oxygens (including phenoxy) is 1. The van der Waals surface area contributed by atoms with Crippen LogP contribution in [0.4, 0.5) is 5.69 Å². The molecule has 0 amide bonds. The molecule has 0 saturated carbocycles. The Hall–Kier alpha value is -1.26. The van der Waals surface area contributed by atoms with Crippen molar-refractivity contribution in [1.29, 1.82) is 0 Å². The lowest BCUT2D eigenvalue weighted by Gasteiger charge is -2.25. The number of methoxy groups -OCH3 is 1. The van der Waals surface area contributed by atoms with E-state index in [0.29, 0.717) is 6.54 Å². The molecule has 0 aliphatic carbocycles. The first-order chi connectivity index (χ1) is 8.26. The van der Waals surface area contributed by atoms with Gasteiger partial charge in [-0.2, -0.15) is 0 Å². The third kappa shape index (κ3) is 3.61. The zero-order valence-corrected chi connectivity index (χ0v) is 10.6. The van der Waals surface area contributed by atoms with Gasteiger partial charge in [-0.05, 0) is 25.0 Å². The lowest BCUT2D eigenvalue weighted by Crippen LogP contribution is -2.26. The number of rotatable bonds is 7. The average molecular weight is 238 g/mol. The van der Waals surface area contributed by atoms with Crippen LogP contribution in [0.2, 0.25) is 0 Å². The predicted octanol–water partition coefficient (Wildman–Crippen LogP) is 1.36. The largest absolute Gasteiger partial charge is 0.497 e. The van der Waals surface area contributed by atoms with Gasteiger partial charge in [-0.15, -0.1) is 0 Å². The van der Waals surface area contributed by atoms with Gasteiger partial charge >= 0.3 is 0 Å². The molecular formula is C13H22N2O2. The van der Waals surface area contributed by atoms with Gasteiger partial charge in [-0.3, -0.25) is 0 Å². The molecule has 0 radical (unpaired) electrons. The van der Waals surface area contributed by atoms with Crippen molar-refractivity contribution >= 4 is 5.69 Å². The Bertz CT molecular complexity index is 342. The van der Waals surface area contributed by atoms with Crippen LogP contribution in [0.15, 0.2) is 18.2 Å². The first-order valence-corrected chi connectivity index (χ1v) is 5.99. The zero-order valence-electron chi connectivity index (χ0n) is 10.6. The van der Waals surface area contributed by atoms with Gasteiger partial charge in [0.15, 0.2) is 0 Å². The number of aliphatic hydroxyl groups excluding tert-OH is 1. The van der Waals surface area contributed by atoms with E-state index in [1.165, 1.54) is 0 Å². The van der Waals surface area contributed by atoms with E-state index in [0.717, 1.165) is 36.5 Å². The standard InChI is InChI=1S/C13H22N2O2/c1-3-15(7-4-8-16)13-9-12(17-2)6-5-11(13)10-14/h5-6,9,16H,3-4,7-8,10,14H2,1-2H3. The van der Waals surface area contributed by atoms with Gasteiger partial charge in [-0.1, -0.05) is 6.07 Å². The van der Waals surface area contributed by atoms with E-state index in [4.69, 9.17) is 15.6 Å². The third-order valence-electron chi connectivity index (χ3n) is 2.82. The summed E-state index contributed by atoms with van der Waals surface area (Å²) in [5.74, 6) is 0.833. The summed E-state index contributed by atoms with van der Waals surface area (Å²) in [5.41, 5.74) is 7.95. The summed E-state index contributed by atoms with van der Waals surface area (Å²) in [4.78, 5) is 2.21. The number of benzene rings is 1. The summed E-state index contributed by atoms with van der Waals surface area (Å²) in [6.07, 6.45) is 0.759. The highest BCUT2D eigenvalue weighted by Crippen LogP contribution is 2.26. The van der Waals surface area contributed by atoms with Crippen molar-refractivity contribution < 1.29 is 9.84 Å². The first kappa shape index (κ1) is 13.8. The van der Waals surface area contributed by atoms with Crippen LogP contribution in [0, 0.1) is 0 Å². The monoisotopic (exact) mass is 238 g/mol. The molecule has 0 aromatic heterocycles. The van der Waals surface area contributed by atoms with Crippen molar-refractivity contribution in [1.82, 2.24) is 0 Å². The molecule has 4 nitrogen and oxygen atoms in total. The molecule has 96 valence electrons. The molecule has 1 rings (SSSR count). The molecule has 4 heteroatoms. The Morgan fingerprint density at radius 3 is 2.71 bits per heavy atom. The second-order valence-corrected chi connectivity index (χ2v) is 3.86. The fraction of sp³-hybridized carbons (Fsp3) is 0.538. The van der Waals surface area contributed by atoms with Gasteiger partial charge in [0.05, 0.1) is 7.11 Å². The summed E-state index contributed by atoms with van der Waals surface area (Å²) in [6.45, 7) is 4.53. The van der Waals surface area contributed by atoms with E-state index >= 15 is 0 Å². The SMILES string of the molecule is CCN(CCCO)c1cc(OC)ccc1CN. The summed E-state index contributed by atoms with van der Waals surface area (Å²) < 4.78 is 5.24. The van der Waals surface area contributed by atoms with Gasteiger partial charge in [0.1, 0.15) is 5.75 Å². The molecule has 0 aliphatic rings. The third-order valence-corrected chi connectivity index (χ3v) is 2.82. The number of nitrogens with zero attached hydrogens (tertiary/aromatic N) is 1. The molecule has 1 aromatic rings. The van der Waals surface area contributed by atoms with Crippen LogP contribution in [0.25, 0.3) is 0 Å². The van der Waals surface area contributed by atoms with E-state index in [-0.39, 0.29) is 6.61 Å². The number of anilines is 1. The van der Waals surface area contributed by atoms with Gasteiger partial charge in [0, 0.05) is 38.0 Å². The van der Waals surface area contributed by atoms with Crippen molar-refractivity contribution in [3.05, 3.63) is 23.8 Å². The molecule has 0 aliphatic heterocycles. The Labute approximate surface area is 103 Å². The van der Waals surface area contributed by atoms with Gasteiger partial charge in [0.25, 0.3) is 0 Å². The molecular weight excluding hydrogens is 216 g/mol. The summed E-state index contributed by atoms with van der Waals surface area (Å²) in [5, 5.41) is 8.91. The number of nitrogens with two attached hydrogens (primary N) is 1. The van der Waals surface area contributed by atoms with Crippen molar-refractivity contribution in [2.24, 2.45) is 5.73 Å². The summed E-state index contributed by atoms with van der Waals surface area (Å²) in [7, 11) is 1.66. The van der Waals surface area contributed by atoms with Gasteiger partial charge in [-0.25, -0.2) is 0 Å². The summed E-state index contributed by atoms with van der Waals surface area (Å²) >= 11 is 0. The molecule has 1 aromatic carbocycles. The van der Waals surface area contributed by atoms with E-state index in [2.05, 4.69) is 11.8 Å². The van der Waals surface area contributed by atoms with Crippen LogP contribution < -0.4 is 15.4 Å². The molecule has 0 unspecified atom stereocenters. The van der Waals surface area contributed by atoms with Crippen molar-refractivity contribution in [3.63, 3.8) is 0 Å². The molecule has 0 spiro atoms. The molecule has 0 bridgehead atoms. The first-order valence-electron chi connectivity index (χ1n) is 5.99. The Morgan fingerprint density at radius 1 is 1.41 bits per heavy atom. The highest BCUT2D eigenvalue weighted by atomic mass is 16.5. The quantitative estimate of drug-likeness (QED) is 0.753. The normalized spacial score (nSPS) is 10.4. The maximum atomic E-state index is 8.91. The smallest absolute Gasteiger partial charge is 0.120 e. The molecule has 0 saturated heterocycles. The molecule has 3 N–H and O–H groups in total. The number of hydrogen-bond acceptors (Lipinski definition) is 4. The number of hydrogen-bond donors (Lipinski definition) is 2. The van der Waals surface area contributed by atoms with Gasteiger partial charge in [0.2, 0.25) is 0 Å². The van der Waals surface area contributed by atoms with Crippen LogP contribution in [-0.4, -0.2) is 31.9 Å². The lowest BCUT2D eigenvalue weighted by molar-refractivity contribution is 0.289. The van der Waals surface area contributed by atoms with Crippen LogP contribution in [0.3, 0.4) is 0 Å². The van der Waals surface area contributed by atoms with Crippen LogP contribution in [0.5, 0.6) is 5.75 Å². The average Bonchev–Trinajstić information content (AvgIpc) is 2.39. The van der Waals surface area contributed by atoms with Crippen molar-refractivity contribution in [3.8, 4) is 5.75 Å². The predicted molar refractivity (Wildman–Crippen MR) is 70.5 cm³/mol. The second kappa shape index (κ2) is 7.14. The Morgan fingerprint density at radius 2 is 2.18 bits per heavy atom. The topological polar surface area (TPSA) is 58.7 Å². The maximum Gasteiger partial charge on any atom is 0.120 e. The minimum Gasteiger partial charge on any atom is -0.497 e. The van der Waals surface area contributed by atoms with Crippen molar-refractivity contribution in [2.75, 3.05) is 31.7 Å². The van der Waals surface area contributed by atoms with E-state index in [1.807, 2.05) is 18.2 Å². The highest BCUT2D eigenvalue weighted by Gasteiger charge is 2.10. The van der Waals surface area contributed by atoms with Crippen LogP contribution in [0.1, 0.15) is 18.9 Å². The lowest BCUT2D eigenvalue weighted by atomic mass is 10.1. The molecule has 0 heterocycles. The van der Waals surface area contributed by atoms with Crippen molar-refractivity contribution in [2.45, 2.75) is 19.9 Å². The second-order valence-electron chi connectivity index (χ2n) is 3.86. The number of aliphatic hydroxyl groups is 1. The fourth-order valence-electron chi connectivity index (χ4n) is 1.85. The van der Waals surface area contributed by atoms with Crippen LogP contribution >= 0.6 is 0 Å². The Balaban J connectivity index is 2.97.